The predicted octanol–water partition coefficient (Wildman–Crippen LogP) is 0.149. The molecule has 0 amide bonds. The van der Waals surface area contributed by atoms with Gasteiger partial charge in [-0.2, -0.15) is 8.42 Å². The van der Waals surface area contributed by atoms with Crippen molar-refractivity contribution in [3.05, 3.63) is 0 Å². The first kappa shape index (κ1) is 20.1. The Bertz CT molecular complexity index is 363. The third-order valence-corrected chi connectivity index (χ3v) is 4.21. The minimum atomic E-state index is -5.37. The summed E-state index contributed by atoms with van der Waals surface area (Å²) in [6.07, 6.45) is 0. The Morgan fingerprint density at radius 3 is 1.22 bits per heavy atom. The molecule has 0 aliphatic rings. The van der Waals surface area contributed by atoms with E-state index in [0.29, 0.717) is 0 Å². The van der Waals surface area contributed by atoms with Crippen LogP contribution in [0, 0.1) is 0 Å². The molecule has 0 atom stereocenters. The molecule has 0 radical (unpaired) electrons. The molecule has 0 aromatic heterocycles. The zero-order valence-corrected chi connectivity index (χ0v) is 12.6. The lowest BCUT2D eigenvalue weighted by atomic mass is 10.3. The van der Waals surface area contributed by atoms with Crippen LogP contribution < -0.4 is 0 Å². The van der Waals surface area contributed by atoms with E-state index in [1.807, 2.05) is 0 Å². The molecule has 8 nitrogen and oxygen atoms in total. The summed E-state index contributed by atoms with van der Waals surface area (Å²) in [6, 6.07) is 0. The van der Waals surface area contributed by atoms with Crippen LogP contribution in [0.2, 0.25) is 0 Å². The van der Waals surface area contributed by atoms with Gasteiger partial charge in [0, 0.05) is 0 Å². The smallest absolute Gasteiger partial charge is 0.411 e. The van der Waals surface area contributed by atoms with Crippen LogP contribution >= 0.6 is 0 Å². The molecule has 0 aromatic carbocycles. The number of hydrogen-bond acceptors (Lipinski definition) is 6. The zero-order chi connectivity index (χ0) is 15.0. The van der Waals surface area contributed by atoms with Crippen LogP contribution in [-0.4, -0.2) is 56.6 Å². The molecule has 112 valence electrons. The molecule has 10 heteroatoms. The van der Waals surface area contributed by atoms with Gasteiger partial charge in [-0.25, -0.2) is 8.42 Å². The highest BCUT2D eigenvalue weighted by atomic mass is 32.3. The third-order valence-electron chi connectivity index (χ3n) is 2.85. The number of rotatable bonds is 6. The maximum atomic E-state index is 9.40. The predicted molar refractivity (Wildman–Crippen MR) is 64.8 cm³/mol. The topological polar surface area (TPSA) is 121 Å². The first-order valence-corrected chi connectivity index (χ1v) is 8.14. The van der Waals surface area contributed by atoms with Gasteiger partial charge in [-0.1, -0.05) is 0 Å². The molecule has 0 rings (SSSR count). The van der Waals surface area contributed by atoms with Gasteiger partial charge in [0.1, 0.15) is 0 Å². The fourth-order valence-electron chi connectivity index (χ4n) is 1.45. The monoisotopic (exact) mass is 307 g/mol. The maximum Gasteiger partial charge on any atom is 0.411 e. The van der Waals surface area contributed by atoms with E-state index in [1.54, 1.807) is 0 Å². The highest BCUT2D eigenvalue weighted by Gasteiger charge is 2.16. The van der Waals surface area contributed by atoms with E-state index in [2.05, 4.69) is 31.3 Å². The summed E-state index contributed by atoms with van der Waals surface area (Å²) in [6.45, 7) is 14.2. The Hall–Kier alpha value is -0.260. The van der Waals surface area contributed by atoms with Gasteiger partial charge in [0.25, 0.3) is 0 Å². The highest BCUT2D eigenvalue weighted by molar-refractivity contribution is 7.94. The molecule has 0 saturated carbocycles. The quantitative estimate of drug-likeness (QED) is 0.421. The largest absolute Gasteiger partial charge is 0.725 e. The molecule has 18 heavy (non-hydrogen) atoms. The van der Waals surface area contributed by atoms with Gasteiger partial charge in [-0.3, -0.25) is 4.55 Å². The molecule has 0 spiro atoms. The van der Waals surface area contributed by atoms with E-state index in [4.69, 9.17) is 4.55 Å². The van der Waals surface area contributed by atoms with Crippen molar-refractivity contribution in [1.29, 1.82) is 0 Å². The molecule has 0 fully saturated rings. The number of hydrogen-bond donors (Lipinski definition) is 1. The summed E-state index contributed by atoms with van der Waals surface area (Å²) in [5.74, 6) is 0. The molecular weight excluding hydrogens is 286 g/mol. The van der Waals surface area contributed by atoms with Crippen LogP contribution in [0.25, 0.3) is 0 Å². The molecule has 0 saturated heterocycles. The van der Waals surface area contributed by atoms with Crippen molar-refractivity contribution < 1.29 is 34.1 Å². The lowest BCUT2D eigenvalue weighted by Gasteiger charge is -2.34. The first-order valence-electron chi connectivity index (χ1n) is 5.44. The normalized spacial score (nSPS) is 12.8. The molecule has 0 unspecified atom stereocenters. The van der Waals surface area contributed by atoms with Crippen LogP contribution in [0.4, 0.5) is 0 Å². The van der Waals surface area contributed by atoms with E-state index < -0.39 is 20.8 Å². The summed E-state index contributed by atoms with van der Waals surface area (Å²) >= 11 is 0. The van der Waals surface area contributed by atoms with Crippen molar-refractivity contribution in [2.24, 2.45) is 0 Å². The standard InChI is InChI=1S/C8H20N.H2O7S2/c1-5-9(6-2,7-3)8-4;1-8(2,3)7-9(4,5)6/h5-8H2,1-4H3;(H,1,2,3)(H,4,5,6)/q+1;/p-1. The minimum absolute atomic E-state index is 1.28. The Balaban J connectivity index is 0. The van der Waals surface area contributed by atoms with E-state index in [1.165, 1.54) is 30.7 Å². The van der Waals surface area contributed by atoms with E-state index in [0.717, 1.165) is 0 Å². The van der Waals surface area contributed by atoms with Crippen molar-refractivity contribution in [2.45, 2.75) is 27.7 Å². The van der Waals surface area contributed by atoms with Crippen LogP contribution in [-0.2, 0) is 24.4 Å². The van der Waals surface area contributed by atoms with Gasteiger partial charge in [0.05, 0.1) is 26.2 Å². The van der Waals surface area contributed by atoms with Crippen LogP contribution in [0.3, 0.4) is 0 Å². The number of nitrogens with zero attached hydrogens (tertiary/aromatic N) is 1. The fraction of sp³-hybridized carbons (Fsp3) is 1.00. The van der Waals surface area contributed by atoms with Gasteiger partial charge in [0.15, 0.2) is 0 Å². The molecule has 0 aliphatic heterocycles. The Kier molecular flexibility index (Phi) is 8.94. The van der Waals surface area contributed by atoms with Gasteiger partial charge in [-0.05, 0) is 27.7 Å². The fourth-order valence-corrected chi connectivity index (χ4v) is 2.29. The lowest BCUT2D eigenvalue weighted by molar-refractivity contribution is -0.921. The van der Waals surface area contributed by atoms with E-state index in [-0.39, 0.29) is 0 Å². The summed E-state index contributed by atoms with van der Waals surface area (Å²) in [5, 5.41) is 0. The van der Waals surface area contributed by atoms with E-state index >= 15 is 0 Å². The second kappa shape index (κ2) is 8.02. The van der Waals surface area contributed by atoms with Crippen molar-refractivity contribution in [3.63, 3.8) is 0 Å². The lowest BCUT2D eigenvalue weighted by Crippen LogP contribution is -2.47. The molecule has 0 bridgehead atoms. The number of quaternary nitrogens is 1. The van der Waals surface area contributed by atoms with Crippen molar-refractivity contribution in [2.75, 3.05) is 26.2 Å². The first-order chi connectivity index (χ1) is 7.95. The molecule has 0 heterocycles. The molecular formula is C8H21NO7S2. The molecule has 0 aliphatic carbocycles. The summed E-state index contributed by atoms with van der Waals surface area (Å²) in [7, 11) is -10.6. The van der Waals surface area contributed by atoms with Crippen LogP contribution in [0.5, 0.6) is 0 Å². The second-order valence-corrected chi connectivity index (χ2v) is 5.73. The van der Waals surface area contributed by atoms with Gasteiger partial charge < -0.3 is 9.04 Å². The van der Waals surface area contributed by atoms with Crippen molar-refractivity contribution >= 4 is 20.8 Å². The molecule has 0 aromatic rings. The van der Waals surface area contributed by atoms with Crippen LogP contribution in [0.1, 0.15) is 27.7 Å². The van der Waals surface area contributed by atoms with Gasteiger partial charge in [-0.15, -0.1) is 3.63 Å². The Morgan fingerprint density at radius 2 is 1.22 bits per heavy atom. The third kappa shape index (κ3) is 10.9. The minimum Gasteiger partial charge on any atom is -0.725 e. The van der Waals surface area contributed by atoms with Crippen molar-refractivity contribution in [1.82, 2.24) is 0 Å². The van der Waals surface area contributed by atoms with Crippen molar-refractivity contribution in [3.8, 4) is 0 Å². The van der Waals surface area contributed by atoms with E-state index in [9.17, 15) is 21.4 Å². The molecule has 1 N–H and O–H groups in total. The second-order valence-electron chi connectivity index (χ2n) is 3.51. The van der Waals surface area contributed by atoms with Gasteiger partial charge in [0.2, 0.25) is 10.4 Å². The Labute approximate surface area is 109 Å². The SMILES string of the molecule is CC[N+](CC)(CC)CC.O=S(=O)([O-])OS(=O)(=O)O. The summed E-state index contributed by atoms with van der Waals surface area (Å²) in [5.41, 5.74) is 0. The summed E-state index contributed by atoms with van der Waals surface area (Å²) in [4.78, 5) is 0. The summed E-state index contributed by atoms with van der Waals surface area (Å²) < 4.78 is 58.2. The average Bonchev–Trinajstić information content (AvgIpc) is 2.17. The zero-order valence-electron chi connectivity index (χ0n) is 11.0. The maximum absolute atomic E-state index is 9.40. The average molecular weight is 307 g/mol. The van der Waals surface area contributed by atoms with Crippen LogP contribution in [0.15, 0.2) is 0 Å². The highest BCUT2D eigenvalue weighted by Crippen LogP contribution is 2.03. The Morgan fingerprint density at radius 1 is 0.944 bits per heavy atom. The van der Waals surface area contributed by atoms with Gasteiger partial charge >= 0.3 is 10.4 Å².